The summed E-state index contributed by atoms with van der Waals surface area (Å²) in [6.07, 6.45) is 8.51. The zero-order chi connectivity index (χ0) is 20.8. The van der Waals surface area contributed by atoms with Crippen molar-refractivity contribution in [2.75, 3.05) is 19.8 Å². The Hall–Kier alpha value is -1.39. The van der Waals surface area contributed by atoms with Crippen molar-refractivity contribution in [1.29, 1.82) is 0 Å². The second kappa shape index (κ2) is 6.10. The number of aliphatic carboxylic acids is 1. The van der Waals surface area contributed by atoms with Gasteiger partial charge in [0.15, 0.2) is 5.79 Å². The first kappa shape index (κ1) is 19.3. The minimum absolute atomic E-state index is 0.0676. The molecule has 2 spiro atoms. The van der Waals surface area contributed by atoms with Crippen LogP contribution in [0, 0.1) is 40.4 Å². The van der Waals surface area contributed by atoms with Crippen molar-refractivity contribution in [3.8, 4) is 11.8 Å². The maximum absolute atomic E-state index is 11.5. The van der Waals surface area contributed by atoms with Crippen LogP contribution >= 0.6 is 0 Å². The molecule has 7 atom stereocenters. The summed E-state index contributed by atoms with van der Waals surface area (Å²) < 4.78 is 18.5. The van der Waals surface area contributed by atoms with E-state index in [0.29, 0.717) is 44.0 Å². The van der Waals surface area contributed by atoms with Gasteiger partial charge in [-0.25, -0.2) is 4.79 Å². The van der Waals surface area contributed by atoms with Gasteiger partial charge in [-0.15, -0.1) is 0 Å². The number of aliphatic hydroxyl groups is 1. The van der Waals surface area contributed by atoms with Crippen LogP contribution in [0.1, 0.15) is 51.9 Å². The number of carboxylic acid groups (broad SMARTS) is 1. The third kappa shape index (κ3) is 2.33. The molecule has 2 heterocycles. The number of hydrogen-bond donors (Lipinski definition) is 2. The lowest BCUT2D eigenvalue weighted by Gasteiger charge is -2.58. The van der Waals surface area contributed by atoms with Gasteiger partial charge in [0.25, 0.3) is 0 Å². The topological polar surface area (TPSA) is 85.2 Å². The highest BCUT2D eigenvalue weighted by Gasteiger charge is 2.71. The maximum atomic E-state index is 11.5. The monoisotopic (exact) mass is 414 g/mol. The van der Waals surface area contributed by atoms with E-state index in [9.17, 15) is 9.90 Å². The highest BCUT2D eigenvalue weighted by molar-refractivity contribution is 5.86. The molecule has 0 aromatic heterocycles. The molecule has 3 saturated carbocycles. The lowest BCUT2D eigenvalue weighted by Crippen LogP contribution is -2.58. The average molecular weight is 414 g/mol. The first-order chi connectivity index (χ1) is 14.3. The Labute approximate surface area is 176 Å². The van der Waals surface area contributed by atoms with Crippen LogP contribution in [0.2, 0.25) is 0 Å². The Kier molecular flexibility index (Phi) is 3.93. The van der Waals surface area contributed by atoms with Crippen LogP contribution in [-0.4, -0.2) is 53.5 Å². The Bertz CT molecular complexity index is 878. The third-order valence-electron chi connectivity index (χ3n) is 9.63. The van der Waals surface area contributed by atoms with E-state index in [1.165, 1.54) is 5.57 Å². The Morgan fingerprint density at radius 3 is 2.80 bits per heavy atom. The predicted molar refractivity (Wildman–Crippen MR) is 106 cm³/mol. The summed E-state index contributed by atoms with van der Waals surface area (Å²) in [5.74, 6) is 4.54. The summed E-state index contributed by atoms with van der Waals surface area (Å²) in [7, 11) is 0. The SMILES string of the molecule is C[C@]12CCC3(CC1=CC[C@@H]1[C@@H]2[C@@H]2C[C@@]4(CO2)[C@H]1CC[C@@]4(O)C#CC(=O)O)OCCO3. The molecule has 6 rings (SSSR count). The maximum Gasteiger partial charge on any atom is 0.382 e. The number of rotatable bonds is 0. The van der Waals surface area contributed by atoms with Gasteiger partial charge in [-0.2, -0.15) is 0 Å². The third-order valence-corrected chi connectivity index (χ3v) is 9.63. The molecule has 0 radical (unpaired) electrons. The Balaban J connectivity index is 1.36. The fourth-order valence-corrected chi connectivity index (χ4v) is 8.29. The fourth-order valence-electron chi connectivity index (χ4n) is 8.29. The van der Waals surface area contributed by atoms with Crippen LogP contribution in [0.15, 0.2) is 11.6 Å². The largest absolute Gasteiger partial charge is 0.472 e. The molecule has 2 aliphatic heterocycles. The molecule has 162 valence electrons. The standard InChI is InChI=1S/C24H30O6/c1-21-8-9-24(29-10-11-30-24)12-15(21)2-3-16-17-4-6-23(27,7-5-19(25)26)22(17)13-18(20(16)21)28-14-22/h2,16-18,20,27H,3-4,6,8-14H2,1H3,(H,25,26)/t16-,17-,18-,20+,21-,22+,23+/m0/s1. The number of carbonyl (C=O) groups is 1. The molecule has 30 heavy (non-hydrogen) atoms. The van der Waals surface area contributed by atoms with Crippen molar-refractivity contribution in [3.63, 3.8) is 0 Å². The molecule has 5 fully saturated rings. The number of fused-ring (bicyclic) bond motifs is 6. The molecular formula is C24H30O6. The smallest absolute Gasteiger partial charge is 0.382 e. The van der Waals surface area contributed by atoms with E-state index in [1.54, 1.807) is 0 Å². The molecule has 0 unspecified atom stereocenters. The van der Waals surface area contributed by atoms with Crippen LogP contribution in [0.4, 0.5) is 0 Å². The molecular weight excluding hydrogens is 384 g/mol. The first-order valence-electron chi connectivity index (χ1n) is 11.4. The zero-order valence-electron chi connectivity index (χ0n) is 17.5. The van der Waals surface area contributed by atoms with Crippen LogP contribution in [-0.2, 0) is 19.0 Å². The van der Waals surface area contributed by atoms with Crippen LogP contribution in [0.5, 0.6) is 0 Å². The van der Waals surface area contributed by atoms with Crippen molar-refractivity contribution in [2.24, 2.45) is 28.6 Å². The van der Waals surface area contributed by atoms with Gasteiger partial charge in [0.1, 0.15) is 5.60 Å². The number of ether oxygens (including phenoxy) is 3. The van der Waals surface area contributed by atoms with Gasteiger partial charge in [0.05, 0.1) is 25.9 Å². The van der Waals surface area contributed by atoms with Crippen LogP contribution < -0.4 is 0 Å². The Morgan fingerprint density at radius 2 is 2.03 bits per heavy atom. The van der Waals surface area contributed by atoms with Crippen molar-refractivity contribution < 1.29 is 29.2 Å². The summed E-state index contributed by atoms with van der Waals surface area (Å²) in [5.41, 5.74) is -0.170. The lowest BCUT2D eigenvalue weighted by molar-refractivity contribution is -0.188. The van der Waals surface area contributed by atoms with Crippen molar-refractivity contribution in [3.05, 3.63) is 11.6 Å². The summed E-state index contributed by atoms with van der Waals surface area (Å²) >= 11 is 0. The predicted octanol–water partition coefficient (Wildman–Crippen LogP) is 2.50. The van der Waals surface area contributed by atoms with E-state index < -0.39 is 22.8 Å². The summed E-state index contributed by atoms with van der Waals surface area (Å²) in [6.45, 7) is 4.25. The van der Waals surface area contributed by atoms with E-state index in [0.717, 1.165) is 38.5 Å². The van der Waals surface area contributed by atoms with Crippen LogP contribution in [0.25, 0.3) is 0 Å². The van der Waals surface area contributed by atoms with E-state index in [-0.39, 0.29) is 11.5 Å². The molecule has 6 aliphatic rings. The molecule has 2 N–H and O–H groups in total. The van der Waals surface area contributed by atoms with E-state index in [1.807, 2.05) is 0 Å². The zero-order valence-corrected chi connectivity index (χ0v) is 17.5. The summed E-state index contributed by atoms with van der Waals surface area (Å²) in [4.78, 5) is 11.1. The molecule has 2 saturated heterocycles. The lowest BCUT2D eigenvalue weighted by atomic mass is 9.46. The fraction of sp³-hybridized carbons (Fsp3) is 0.792. The minimum Gasteiger partial charge on any atom is -0.472 e. The highest BCUT2D eigenvalue weighted by Crippen LogP contribution is 2.70. The number of allylic oxidation sites excluding steroid dienone is 1. The van der Waals surface area contributed by atoms with Gasteiger partial charge in [0.2, 0.25) is 0 Å². The van der Waals surface area contributed by atoms with Crippen molar-refractivity contribution in [2.45, 2.75) is 69.4 Å². The van der Waals surface area contributed by atoms with Crippen LogP contribution in [0.3, 0.4) is 0 Å². The number of carboxylic acids is 1. The Morgan fingerprint density at radius 1 is 1.23 bits per heavy atom. The normalized spacial score (nSPS) is 50.1. The average Bonchev–Trinajstić information content (AvgIpc) is 3.40. The minimum atomic E-state index is -1.26. The molecule has 0 amide bonds. The van der Waals surface area contributed by atoms with Gasteiger partial charge in [-0.3, -0.25) is 0 Å². The molecule has 2 bridgehead atoms. The van der Waals surface area contributed by atoms with Gasteiger partial charge in [-0.1, -0.05) is 24.5 Å². The molecule has 4 aliphatic carbocycles. The second-order valence-electron chi connectivity index (χ2n) is 10.6. The van der Waals surface area contributed by atoms with Crippen molar-refractivity contribution >= 4 is 5.97 Å². The van der Waals surface area contributed by atoms with E-state index >= 15 is 0 Å². The number of hydrogen-bond acceptors (Lipinski definition) is 5. The first-order valence-corrected chi connectivity index (χ1v) is 11.4. The second-order valence-corrected chi connectivity index (χ2v) is 10.6. The van der Waals surface area contributed by atoms with Gasteiger partial charge in [-0.05, 0) is 55.3 Å². The van der Waals surface area contributed by atoms with Gasteiger partial charge < -0.3 is 24.4 Å². The van der Waals surface area contributed by atoms with Crippen molar-refractivity contribution in [1.82, 2.24) is 0 Å². The summed E-state index contributed by atoms with van der Waals surface area (Å²) in [5, 5.41) is 20.5. The summed E-state index contributed by atoms with van der Waals surface area (Å²) in [6, 6.07) is 0. The quantitative estimate of drug-likeness (QED) is 0.468. The highest BCUT2D eigenvalue weighted by atomic mass is 16.7. The van der Waals surface area contributed by atoms with Gasteiger partial charge in [0, 0.05) is 24.2 Å². The molecule has 0 aromatic rings. The molecule has 0 aromatic carbocycles. The van der Waals surface area contributed by atoms with E-state index in [2.05, 4.69) is 24.8 Å². The van der Waals surface area contributed by atoms with E-state index in [4.69, 9.17) is 19.3 Å². The van der Waals surface area contributed by atoms with Gasteiger partial charge >= 0.3 is 5.97 Å². The molecule has 6 nitrogen and oxygen atoms in total. The molecule has 6 heteroatoms.